The number of aryl methyl sites for hydroxylation is 1. The molecule has 0 radical (unpaired) electrons. The number of nitrogens with one attached hydrogen (secondary N) is 1. The number of nitrogens with zero attached hydrogens (tertiary/aromatic N) is 1. The second kappa shape index (κ2) is 11.6. The van der Waals surface area contributed by atoms with Crippen LogP contribution in [0.2, 0.25) is 0 Å². The molecule has 0 saturated carbocycles. The van der Waals surface area contributed by atoms with Crippen molar-refractivity contribution in [2.75, 3.05) is 12.9 Å². The van der Waals surface area contributed by atoms with Gasteiger partial charge in [-0.15, -0.1) is 11.8 Å². The van der Waals surface area contributed by atoms with E-state index in [1.54, 1.807) is 30.7 Å². The van der Waals surface area contributed by atoms with Crippen molar-refractivity contribution in [2.24, 2.45) is 0 Å². The number of rotatable bonds is 10. The second-order valence-electron chi connectivity index (χ2n) is 7.62. The van der Waals surface area contributed by atoms with Crippen molar-refractivity contribution in [3.8, 4) is 5.75 Å². The summed E-state index contributed by atoms with van der Waals surface area (Å²) in [5.41, 5.74) is 2.14. The van der Waals surface area contributed by atoms with E-state index < -0.39 is 6.04 Å². The molecule has 1 atom stereocenters. The molecule has 2 amide bonds. The molecule has 1 N–H and O–H groups in total. The van der Waals surface area contributed by atoms with E-state index in [1.165, 1.54) is 5.56 Å². The van der Waals surface area contributed by atoms with Crippen LogP contribution in [0.5, 0.6) is 5.75 Å². The molecule has 0 heterocycles. The minimum atomic E-state index is -0.560. The summed E-state index contributed by atoms with van der Waals surface area (Å²) in [5, 5.41) is 2.91. The molecule has 0 fully saturated rings. The number of benzene rings is 2. The van der Waals surface area contributed by atoms with E-state index in [-0.39, 0.29) is 17.9 Å². The number of hydrogen-bond acceptors (Lipinski definition) is 4. The van der Waals surface area contributed by atoms with Gasteiger partial charge in [0, 0.05) is 29.7 Å². The average molecular weight is 429 g/mol. The zero-order valence-corrected chi connectivity index (χ0v) is 19.3. The summed E-state index contributed by atoms with van der Waals surface area (Å²) >= 11 is 1.65. The first-order chi connectivity index (χ1) is 14.3. The Balaban J connectivity index is 2.08. The van der Waals surface area contributed by atoms with E-state index in [1.807, 2.05) is 38.1 Å². The van der Waals surface area contributed by atoms with E-state index in [4.69, 9.17) is 4.74 Å². The number of carbonyl (C=O) groups is 2. The topological polar surface area (TPSA) is 58.6 Å². The maximum atomic E-state index is 13.1. The van der Waals surface area contributed by atoms with Crippen LogP contribution >= 0.6 is 11.8 Å². The van der Waals surface area contributed by atoms with Crippen LogP contribution in [-0.4, -0.2) is 41.7 Å². The fourth-order valence-corrected chi connectivity index (χ4v) is 3.83. The Morgan fingerprint density at radius 1 is 1.10 bits per heavy atom. The maximum absolute atomic E-state index is 13.1. The minimum absolute atomic E-state index is 0.0193. The fraction of sp³-hybridized carbons (Fsp3) is 0.417. The van der Waals surface area contributed by atoms with Gasteiger partial charge in [0.05, 0.1) is 7.11 Å². The molecule has 30 heavy (non-hydrogen) atoms. The molecule has 0 aliphatic heterocycles. The van der Waals surface area contributed by atoms with Gasteiger partial charge in [-0.2, -0.15) is 0 Å². The highest BCUT2D eigenvalue weighted by atomic mass is 32.2. The van der Waals surface area contributed by atoms with E-state index in [0.717, 1.165) is 16.2 Å². The van der Waals surface area contributed by atoms with Crippen LogP contribution in [-0.2, 0) is 16.1 Å². The first kappa shape index (κ1) is 23.8. The normalized spacial score (nSPS) is 11.8. The van der Waals surface area contributed by atoms with Crippen molar-refractivity contribution in [1.29, 1.82) is 0 Å². The molecule has 0 aromatic heterocycles. The molecular weight excluding hydrogens is 396 g/mol. The third-order valence-electron chi connectivity index (χ3n) is 4.69. The lowest BCUT2D eigenvalue weighted by Crippen LogP contribution is -2.49. The molecule has 2 aromatic carbocycles. The SMILES string of the molecule is COc1cccc(CN(C(=O)CCSc2ccc(C)cc2)C(C)C(=O)NC(C)C)c1. The summed E-state index contributed by atoms with van der Waals surface area (Å²) in [7, 11) is 1.61. The van der Waals surface area contributed by atoms with Crippen molar-refractivity contribution < 1.29 is 14.3 Å². The Bertz CT molecular complexity index is 837. The molecule has 6 heteroatoms. The lowest BCUT2D eigenvalue weighted by molar-refractivity contribution is -0.140. The Labute approximate surface area is 184 Å². The molecule has 2 aromatic rings. The summed E-state index contributed by atoms with van der Waals surface area (Å²) in [5.74, 6) is 1.21. The summed E-state index contributed by atoms with van der Waals surface area (Å²) in [6, 6.07) is 15.3. The van der Waals surface area contributed by atoms with Gasteiger partial charge in [0.15, 0.2) is 0 Å². The van der Waals surface area contributed by atoms with Gasteiger partial charge in [-0.3, -0.25) is 9.59 Å². The minimum Gasteiger partial charge on any atom is -0.497 e. The number of hydrogen-bond donors (Lipinski definition) is 1. The predicted octanol–water partition coefficient (Wildman–Crippen LogP) is 4.43. The Hall–Kier alpha value is -2.47. The van der Waals surface area contributed by atoms with Crippen LogP contribution in [0, 0.1) is 6.92 Å². The van der Waals surface area contributed by atoms with Crippen molar-refractivity contribution in [3.63, 3.8) is 0 Å². The zero-order chi connectivity index (χ0) is 22.1. The fourth-order valence-electron chi connectivity index (χ4n) is 2.99. The number of amides is 2. The van der Waals surface area contributed by atoms with Crippen LogP contribution in [0.4, 0.5) is 0 Å². The first-order valence-electron chi connectivity index (χ1n) is 10.2. The molecular formula is C24H32N2O3S. The number of carbonyl (C=O) groups excluding carboxylic acids is 2. The first-order valence-corrected chi connectivity index (χ1v) is 11.2. The molecule has 0 spiro atoms. The molecule has 2 rings (SSSR count). The quantitative estimate of drug-likeness (QED) is 0.569. The van der Waals surface area contributed by atoms with Crippen LogP contribution in [0.3, 0.4) is 0 Å². The highest BCUT2D eigenvalue weighted by molar-refractivity contribution is 7.99. The molecule has 162 valence electrons. The molecule has 5 nitrogen and oxygen atoms in total. The third-order valence-corrected chi connectivity index (χ3v) is 5.70. The Kier molecular flexibility index (Phi) is 9.24. The standard InChI is InChI=1S/C24H32N2O3S/c1-17(2)25-24(28)19(4)26(16-20-7-6-8-21(15-20)29-5)23(27)13-14-30-22-11-9-18(3)10-12-22/h6-12,15,17,19H,13-14,16H2,1-5H3,(H,25,28). The third kappa shape index (κ3) is 7.41. The molecule has 0 aliphatic rings. The van der Waals surface area contributed by atoms with Crippen LogP contribution in [0.15, 0.2) is 53.4 Å². The summed E-state index contributed by atoms with van der Waals surface area (Å²) in [6.45, 7) is 8.02. The monoisotopic (exact) mass is 428 g/mol. The van der Waals surface area contributed by atoms with E-state index in [0.29, 0.717) is 18.7 Å². The average Bonchev–Trinajstić information content (AvgIpc) is 2.72. The number of ether oxygens (including phenoxy) is 1. The van der Waals surface area contributed by atoms with E-state index >= 15 is 0 Å². The number of thioether (sulfide) groups is 1. The van der Waals surface area contributed by atoms with Crippen molar-refractivity contribution in [2.45, 2.75) is 57.6 Å². The van der Waals surface area contributed by atoms with Crippen LogP contribution in [0.1, 0.15) is 38.3 Å². The van der Waals surface area contributed by atoms with Crippen molar-refractivity contribution in [3.05, 3.63) is 59.7 Å². The Morgan fingerprint density at radius 3 is 2.43 bits per heavy atom. The molecule has 0 bridgehead atoms. The van der Waals surface area contributed by atoms with Gasteiger partial charge in [-0.05, 0) is 57.5 Å². The van der Waals surface area contributed by atoms with Gasteiger partial charge in [-0.1, -0.05) is 29.8 Å². The Morgan fingerprint density at radius 2 is 1.80 bits per heavy atom. The molecule has 0 saturated heterocycles. The second-order valence-corrected chi connectivity index (χ2v) is 8.79. The van der Waals surface area contributed by atoms with Crippen molar-refractivity contribution >= 4 is 23.6 Å². The molecule has 1 unspecified atom stereocenters. The van der Waals surface area contributed by atoms with Crippen LogP contribution in [0.25, 0.3) is 0 Å². The van der Waals surface area contributed by atoms with Gasteiger partial charge in [-0.25, -0.2) is 0 Å². The van der Waals surface area contributed by atoms with E-state index in [9.17, 15) is 9.59 Å². The lowest BCUT2D eigenvalue weighted by Gasteiger charge is -2.29. The summed E-state index contributed by atoms with van der Waals surface area (Å²) in [6.07, 6.45) is 0.363. The highest BCUT2D eigenvalue weighted by Gasteiger charge is 2.26. The zero-order valence-electron chi connectivity index (χ0n) is 18.5. The van der Waals surface area contributed by atoms with E-state index in [2.05, 4.69) is 36.5 Å². The van der Waals surface area contributed by atoms with Gasteiger partial charge in [0.25, 0.3) is 0 Å². The van der Waals surface area contributed by atoms with Gasteiger partial charge < -0.3 is 15.0 Å². The van der Waals surface area contributed by atoms with Crippen molar-refractivity contribution in [1.82, 2.24) is 10.2 Å². The van der Waals surface area contributed by atoms with Crippen LogP contribution < -0.4 is 10.1 Å². The number of methoxy groups -OCH3 is 1. The summed E-state index contributed by atoms with van der Waals surface area (Å²) in [4.78, 5) is 28.5. The lowest BCUT2D eigenvalue weighted by atomic mass is 10.1. The predicted molar refractivity (Wildman–Crippen MR) is 123 cm³/mol. The molecule has 0 aliphatic carbocycles. The highest BCUT2D eigenvalue weighted by Crippen LogP contribution is 2.21. The van der Waals surface area contributed by atoms with Gasteiger partial charge in [0.1, 0.15) is 11.8 Å². The summed E-state index contributed by atoms with van der Waals surface area (Å²) < 4.78 is 5.29. The van der Waals surface area contributed by atoms with Gasteiger partial charge >= 0.3 is 0 Å². The smallest absolute Gasteiger partial charge is 0.242 e. The largest absolute Gasteiger partial charge is 0.497 e. The maximum Gasteiger partial charge on any atom is 0.242 e. The van der Waals surface area contributed by atoms with Gasteiger partial charge in [0.2, 0.25) is 11.8 Å².